The molecule has 0 amide bonds. The van der Waals surface area contributed by atoms with Gasteiger partial charge in [0.2, 0.25) is 0 Å². The van der Waals surface area contributed by atoms with Gasteiger partial charge in [-0.2, -0.15) is 5.10 Å². The summed E-state index contributed by atoms with van der Waals surface area (Å²) in [5.41, 5.74) is 7.73. The molecule has 2 atom stereocenters. The summed E-state index contributed by atoms with van der Waals surface area (Å²) in [5.74, 6) is 1.76. The van der Waals surface area contributed by atoms with Gasteiger partial charge in [0.25, 0.3) is 0 Å². The summed E-state index contributed by atoms with van der Waals surface area (Å²) in [5, 5.41) is 7.92. The average Bonchev–Trinajstić information content (AvgIpc) is 2.77. The molecule has 1 aromatic rings. The Morgan fingerprint density at radius 2 is 2.13 bits per heavy atom. The van der Waals surface area contributed by atoms with Crippen LogP contribution >= 0.6 is 0 Å². The van der Waals surface area contributed by atoms with E-state index in [2.05, 4.69) is 31.2 Å². The number of aromatic nitrogens is 2. The van der Waals surface area contributed by atoms with Crippen LogP contribution in [-0.4, -0.2) is 15.8 Å². The Kier molecular flexibility index (Phi) is 2.37. The zero-order valence-electron chi connectivity index (χ0n) is 9.91. The summed E-state index contributed by atoms with van der Waals surface area (Å²) in [7, 11) is 0. The van der Waals surface area contributed by atoms with Gasteiger partial charge in [0.1, 0.15) is 5.82 Å². The van der Waals surface area contributed by atoms with Crippen LogP contribution in [0.1, 0.15) is 38.9 Å². The van der Waals surface area contributed by atoms with E-state index in [4.69, 9.17) is 5.73 Å². The van der Waals surface area contributed by atoms with E-state index in [-0.39, 0.29) is 0 Å². The summed E-state index contributed by atoms with van der Waals surface area (Å²) in [6.45, 7) is 8.44. The average molecular weight is 208 g/mol. The van der Waals surface area contributed by atoms with Crippen molar-refractivity contribution >= 4 is 11.5 Å². The van der Waals surface area contributed by atoms with Crippen molar-refractivity contribution in [2.75, 3.05) is 11.1 Å². The zero-order chi connectivity index (χ0) is 11.2. The van der Waals surface area contributed by atoms with Crippen molar-refractivity contribution < 1.29 is 0 Å². The molecular weight excluding hydrogens is 188 g/mol. The number of nitrogens with two attached hydrogens (primary N) is 1. The quantitative estimate of drug-likeness (QED) is 0.800. The topological polar surface area (TPSA) is 55.9 Å². The third kappa shape index (κ3) is 1.80. The van der Waals surface area contributed by atoms with Crippen LogP contribution in [0.25, 0.3) is 0 Å². The summed E-state index contributed by atoms with van der Waals surface area (Å²) in [4.78, 5) is 0. The van der Waals surface area contributed by atoms with Gasteiger partial charge >= 0.3 is 0 Å². The van der Waals surface area contributed by atoms with Crippen LogP contribution in [0.4, 0.5) is 11.5 Å². The van der Waals surface area contributed by atoms with Gasteiger partial charge in [0, 0.05) is 12.1 Å². The fraction of sp³-hybridized carbons (Fsp3) is 0.727. The number of nitrogens with zero attached hydrogens (tertiary/aromatic N) is 2. The zero-order valence-corrected chi connectivity index (χ0v) is 9.91. The minimum Gasteiger partial charge on any atom is -0.394 e. The molecule has 0 saturated heterocycles. The predicted octanol–water partition coefficient (Wildman–Crippen LogP) is 2.17. The molecular formula is C11H20N4. The SMILES string of the molecule is Cc1nn(C(C)C)c(NC2CC2C)c1N. The molecule has 1 heterocycles. The van der Waals surface area contributed by atoms with E-state index in [1.165, 1.54) is 6.42 Å². The first-order chi connectivity index (χ1) is 7.00. The van der Waals surface area contributed by atoms with Crippen molar-refractivity contribution in [2.45, 2.75) is 46.2 Å². The van der Waals surface area contributed by atoms with Crippen LogP contribution in [0.5, 0.6) is 0 Å². The lowest BCUT2D eigenvalue weighted by molar-refractivity contribution is 0.533. The molecule has 3 N–H and O–H groups in total. The number of hydrogen-bond acceptors (Lipinski definition) is 3. The maximum absolute atomic E-state index is 6.02. The third-order valence-electron chi connectivity index (χ3n) is 3.05. The fourth-order valence-electron chi connectivity index (χ4n) is 1.78. The predicted molar refractivity (Wildman–Crippen MR) is 63.0 cm³/mol. The highest BCUT2D eigenvalue weighted by atomic mass is 15.4. The molecule has 1 aliphatic rings. The summed E-state index contributed by atoms with van der Waals surface area (Å²) >= 11 is 0. The Morgan fingerprint density at radius 1 is 1.53 bits per heavy atom. The van der Waals surface area contributed by atoms with Crippen LogP contribution < -0.4 is 11.1 Å². The summed E-state index contributed by atoms with van der Waals surface area (Å²) in [6.07, 6.45) is 1.24. The highest BCUT2D eigenvalue weighted by molar-refractivity contribution is 5.65. The van der Waals surface area contributed by atoms with Crippen LogP contribution in [0.15, 0.2) is 0 Å². The van der Waals surface area contributed by atoms with E-state index in [0.29, 0.717) is 12.1 Å². The molecule has 1 aromatic heterocycles. The molecule has 0 radical (unpaired) electrons. The lowest BCUT2D eigenvalue weighted by atomic mass is 10.3. The van der Waals surface area contributed by atoms with Gasteiger partial charge in [-0.25, -0.2) is 4.68 Å². The van der Waals surface area contributed by atoms with Crippen molar-refractivity contribution in [3.63, 3.8) is 0 Å². The molecule has 0 aliphatic heterocycles. The van der Waals surface area contributed by atoms with Gasteiger partial charge < -0.3 is 11.1 Å². The van der Waals surface area contributed by atoms with E-state index in [9.17, 15) is 0 Å². The first-order valence-electron chi connectivity index (χ1n) is 5.61. The van der Waals surface area contributed by atoms with E-state index < -0.39 is 0 Å². The van der Waals surface area contributed by atoms with E-state index in [1.54, 1.807) is 0 Å². The lowest BCUT2D eigenvalue weighted by Crippen LogP contribution is -2.13. The van der Waals surface area contributed by atoms with Crippen LogP contribution in [0, 0.1) is 12.8 Å². The van der Waals surface area contributed by atoms with Crippen LogP contribution in [-0.2, 0) is 0 Å². The number of nitrogen functional groups attached to an aromatic ring is 1. The second kappa shape index (κ2) is 3.43. The van der Waals surface area contributed by atoms with Gasteiger partial charge in [-0.15, -0.1) is 0 Å². The molecule has 1 fully saturated rings. The van der Waals surface area contributed by atoms with Crippen molar-refractivity contribution in [3.05, 3.63) is 5.69 Å². The summed E-state index contributed by atoms with van der Waals surface area (Å²) < 4.78 is 1.98. The Morgan fingerprint density at radius 3 is 2.60 bits per heavy atom. The first kappa shape index (κ1) is 10.3. The molecule has 1 saturated carbocycles. The van der Waals surface area contributed by atoms with Crippen LogP contribution in [0.2, 0.25) is 0 Å². The Balaban J connectivity index is 2.26. The summed E-state index contributed by atoms with van der Waals surface area (Å²) in [6, 6.07) is 0.929. The van der Waals surface area contributed by atoms with E-state index in [0.717, 1.165) is 23.1 Å². The van der Waals surface area contributed by atoms with Gasteiger partial charge in [-0.3, -0.25) is 0 Å². The molecule has 4 heteroatoms. The highest BCUT2D eigenvalue weighted by Gasteiger charge is 2.34. The Hall–Kier alpha value is -1.19. The second-order valence-corrected chi connectivity index (χ2v) is 4.85. The number of hydrogen-bond donors (Lipinski definition) is 2. The number of anilines is 2. The number of nitrogens with one attached hydrogen (secondary N) is 1. The van der Waals surface area contributed by atoms with E-state index in [1.807, 2.05) is 11.6 Å². The standard InChI is InChI=1S/C11H20N4/c1-6(2)15-11(10(12)8(4)14-15)13-9-5-7(9)3/h6-7,9,13H,5,12H2,1-4H3. The van der Waals surface area contributed by atoms with Crippen molar-refractivity contribution in [2.24, 2.45) is 5.92 Å². The maximum atomic E-state index is 6.02. The largest absolute Gasteiger partial charge is 0.394 e. The minimum atomic E-state index is 0.345. The highest BCUT2D eigenvalue weighted by Crippen LogP contribution is 2.35. The molecule has 1 aliphatic carbocycles. The fourth-order valence-corrected chi connectivity index (χ4v) is 1.78. The second-order valence-electron chi connectivity index (χ2n) is 4.85. The molecule has 0 aromatic carbocycles. The van der Waals surface area contributed by atoms with Crippen molar-refractivity contribution in [3.8, 4) is 0 Å². The van der Waals surface area contributed by atoms with Crippen LogP contribution in [0.3, 0.4) is 0 Å². The molecule has 84 valence electrons. The van der Waals surface area contributed by atoms with Gasteiger partial charge in [-0.1, -0.05) is 6.92 Å². The van der Waals surface area contributed by atoms with Gasteiger partial charge in [0.15, 0.2) is 0 Å². The molecule has 15 heavy (non-hydrogen) atoms. The monoisotopic (exact) mass is 208 g/mol. The molecule has 2 unspecified atom stereocenters. The van der Waals surface area contributed by atoms with Gasteiger partial charge in [-0.05, 0) is 33.1 Å². The number of aryl methyl sites for hydroxylation is 1. The lowest BCUT2D eigenvalue weighted by Gasteiger charge is -2.12. The van der Waals surface area contributed by atoms with Gasteiger partial charge in [0.05, 0.1) is 11.4 Å². The molecule has 0 bridgehead atoms. The van der Waals surface area contributed by atoms with Crippen molar-refractivity contribution in [1.82, 2.24) is 9.78 Å². The molecule has 4 nitrogen and oxygen atoms in total. The number of rotatable bonds is 3. The smallest absolute Gasteiger partial charge is 0.148 e. The van der Waals surface area contributed by atoms with E-state index >= 15 is 0 Å². The first-order valence-corrected chi connectivity index (χ1v) is 5.61. The minimum absolute atomic E-state index is 0.345. The van der Waals surface area contributed by atoms with Crippen molar-refractivity contribution in [1.29, 1.82) is 0 Å². The normalized spacial score (nSPS) is 24.6. The Bertz CT molecular complexity index is 367. The maximum Gasteiger partial charge on any atom is 0.148 e. The molecule has 0 spiro atoms. The molecule has 2 rings (SSSR count). The third-order valence-corrected chi connectivity index (χ3v) is 3.05. The Labute approximate surface area is 90.8 Å².